The maximum Gasteiger partial charge on any atom is 0.329 e. The Labute approximate surface area is 226 Å². The number of methoxy groups -OCH3 is 1. The number of halogens is 2. The zero-order chi connectivity index (χ0) is 27.5. The average molecular weight is 587 g/mol. The Hall–Kier alpha value is -4.45. The molecule has 0 aliphatic rings. The SMILES string of the molecule is CCOc1ccccc1NC(=O)C(=O)N/N=C\c1cc(Br)c(OCC(=O)Nc2ccc(F)cc2)c(OC)c1. The number of para-hydroxylation sites is 2. The second-order valence-corrected chi connectivity index (χ2v) is 8.31. The van der Waals surface area contributed by atoms with Crippen molar-refractivity contribution in [1.29, 1.82) is 0 Å². The topological polar surface area (TPSA) is 127 Å². The lowest BCUT2D eigenvalue weighted by Crippen LogP contribution is -2.32. The van der Waals surface area contributed by atoms with Crippen LogP contribution in [0.2, 0.25) is 0 Å². The lowest BCUT2D eigenvalue weighted by atomic mass is 10.2. The molecule has 0 fully saturated rings. The van der Waals surface area contributed by atoms with Crippen LogP contribution in [0.1, 0.15) is 12.5 Å². The molecule has 0 heterocycles. The van der Waals surface area contributed by atoms with Gasteiger partial charge in [0.1, 0.15) is 11.6 Å². The number of hydrazone groups is 1. The molecule has 3 aromatic rings. The van der Waals surface area contributed by atoms with Crippen molar-refractivity contribution < 1.29 is 33.0 Å². The zero-order valence-corrected chi connectivity index (χ0v) is 22.0. The van der Waals surface area contributed by atoms with Crippen LogP contribution in [0.5, 0.6) is 17.2 Å². The summed E-state index contributed by atoms with van der Waals surface area (Å²) in [4.78, 5) is 36.6. The lowest BCUT2D eigenvalue weighted by molar-refractivity contribution is -0.136. The molecule has 3 rings (SSSR count). The quantitative estimate of drug-likeness (QED) is 0.186. The molecule has 3 amide bonds. The molecule has 3 aromatic carbocycles. The summed E-state index contributed by atoms with van der Waals surface area (Å²) in [5.41, 5.74) is 3.43. The number of anilines is 2. The summed E-state index contributed by atoms with van der Waals surface area (Å²) in [5.74, 6) is -1.79. The largest absolute Gasteiger partial charge is 0.493 e. The van der Waals surface area contributed by atoms with Gasteiger partial charge >= 0.3 is 11.8 Å². The van der Waals surface area contributed by atoms with E-state index in [1.165, 1.54) is 37.6 Å². The molecule has 0 atom stereocenters. The smallest absolute Gasteiger partial charge is 0.329 e. The molecule has 198 valence electrons. The minimum Gasteiger partial charge on any atom is -0.493 e. The second-order valence-electron chi connectivity index (χ2n) is 7.46. The maximum absolute atomic E-state index is 13.0. The summed E-state index contributed by atoms with van der Waals surface area (Å²) in [7, 11) is 1.42. The fourth-order valence-corrected chi connectivity index (χ4v) is 3.64. The van der Waals surface area contributed by atoms with E-state index in [0.717, 1.165) is 0 Å². The summed E-state index contributed by atoms with van der Waals surface area (Å²) in [6.07, 6.45) is 1.30. The van der Waals surface area contributed by atoms with Gasteiger partial charge in [-0.25, -0.2) is 9.82 Å². The Bertz CT molecular complexity index is 1330. The van der Waals surface area contributed by atoms with Crippen LogP contribution in [0.25, 0.3) is 0 Å². The first-order valence-electron chi connectivity index (χ1n) is 11.2. The normalized spacial score (nSPS) is 10.5. The fourth-order valence-electron chi connectivity index (χ4n) is 3.07. The number of ether oxygens (including phenoxy) is 3. The van der Waals surface area contributed by atoms with E-state index in [4.69, 9.17) is 14.2 Å². The van der Waals surface area contributed by atoms with Crippen molar-refractivity contribution in [3.63, 3.8) is 0 Å². The number of hydrogen-bond donors (Lipinski definition) is 3. The highest BCUT2D eigenvalue weighted by molar-refractivity contribution is 9.10. The van der Waals surface area contributed by atoms with Gasteiger partial charge < -0.3 is 24.8 Å². The lowest BCUT2D eigenvalue weighted by Gasteiger charge is -2.13. The number of carbonyl (C=O) groups excluding carboxylic acids is 3. The highest BCUT2D eigenvalue weighted by Gasteiger charge is 2.16. The van der Waals surface area contributed by atoms with Crippen LogP contribution in [0.15, 0.2) is 70.2 Å². The van der Waals surface area contributed by atoms with Crippen molar-refractivity contribution in [2.45, 2.75) is 6.92 Å². The summed E-state index contributed by atoms with van der Waals surface area (Å²) in [6.45, 7) is 1.87. The first-order chi connectivity index (χ1) is 18.3. The van der Waals surface area contributed by atoms with Gasteiger partial charge in [0.15, 0.2) is 18.1 Å². The Kier molecular flexibility index (Phi) is 10.2. The summed E-state index contributed by atoms with van der Waals surface area (Å²) < 4.78 is 29.8. The highest BCUT2D eigenvalue weighted by Crippen LogP contribution is 2.36. The molecule has 38 heavy (non-hydrogen) atoms. The van der Waals surface area contributed by atoms with Crippen molar-refractivity contribution in [1.82, 2.24) is 5.43 Å². The summed E-state index contributed by atoms with van der Waals surface area (Å²) in [6, 6.07) is 15.2. The predicted molar refractivity (Wildman–Crippen MR) is 143 cm³/mol. The van der Waals surface area contributed by atoms with Crippen LogP contribution < -0.4 is 30.3 Å². The van der Waals surface area contributed by atoms with Crippen LogP contribution in [0, 0.1) is 5.82 Å². The van der Waals surface area contributed by atoms with Crippen molar-refractivity contribution in [2.24, 2.45) is 5.10 Å². The molecule has 0 unspecified atom stereocenters. The van der Waals surface area contributed by atoms with Crippen LogP contribution >= 0.6 is 15.9 Å². The van der Waals surface area contributed by atoms with Crippen LogP contribution in [0.3, 0.4) is 0 Å². The van der Waals surface area contributed by atoms with Crippen molar-refractivity contribution in [3.05, 3.63) is 76.5 Å². The van der Waals surface area contributed by atoms with Crippen molar-refractivity contribution >= 4 is 51.2 Å². The Morgan fingerprint density at radius 2 is 1.71 bits per heavy atom. The van der Waals surface area contributed by atoms with E-state index in [9.17, 15) is 18.8 Å². The standard InChI is InChI=1S/C26H24BrFN4O6/c1-3-37-21-7-5-4-6-20(21)31-25(34)26(35)32-29-14-16-12-19(27)24(22(13-16)36-2)38-15-23(33)30-18-10-8-17(28)9-11-18/h4-14H,3,15H2,1-2H3,(H,30,33)(H,31,34)(H,32,35)/b29-14-. The zero-order valence-electron chi connectivity index (χ0n) is 20.4. The molecule has 0 aliphatic carbocycles. The fraction of sp³-hybridized carbons (Fsp3) is 0.154. The maximum atomic E-state index is 13.0. The molecular weight excluding hydrogens is 563 g/mol. The van der Waals surface area contributed by atoms with E-state index < -0.39 is 23.5 Å². The second kappa shape index (κ2) is 13.7. The number of hydrogen-bond acceptors (Lipinski definition) is 7. The van der Waals surface area contributed by atoms with E-state index in [2.05, 4.69) is 37.1 Å². The Morgan fingerprint density at radius 3 is 2.42 bits per heavy atom. The first kappa shape index (κ1) is 28.1. The number of nitrogens with one attached hydrogen (secondary N) is 3. The molecule has 10 nitrogen and oxygen atoms in total. The van der Waals surface area contributed by atoms with Crippen LogP contribution in [0.4, 0.5) is 15.8 Å². The summed E-state index contributed by atoms with van der Waals surface area (Å²) >= 11 is 3.36. The molecule has 3 N–H and O–H groups in total. The number of nitrogens with zero attached hydrogens (tertiary/aromatic N) is 1. The number of benzene rings is 3. The van der Waals surface area contributed by atoms with E-state index in [-0.39, 0.29) is 18.1 Å². The first-order valence-corrected chi connectivity index (χ1v) is 12.0. The minimum absolute atomic E-state index is 0.260. The third-order valence-corrected chi connectivity index (χ3v) is 5.34. The van der Waals surface area contributed by atoms with Gasteiger partial charge in [-0.1, -0.05) is 12.1 Å². The number of amides is 3. The summed E-state index contributed by atoms with van der Waals surface area (Å²) in [5, 5.41) is 8.88. The van der Waals surface area contributed by atoms with Gasteiger partial charge in [0.2, 0.25) is 0 Å². The number of rotatable bonds is 10. The molecule has 0 saturated carbocycles. The molecule has 0 saturated heterocycles. The molecule has 0 radical (unpaired) electrons. The van der Waals surface area contributed by atoms with Crippen LogP contribution in [-0.2, 0) is 14.4 Å². The van der Waals surface area contributed by atoms with E-state index in [1.807, 2.05) is 0 Å². The molecule has 0 spiro atoms. The molecule has 0 aromatic heterocycles. The third kappa shape index (κ3) is 8.03. The van der Waals surface area contributed by atoms with Gasteiger partial charge in [0.05, 0.1) is 30.1 Å². The average Bonchev–Trinajstić information content (AvgIpc) is 2.90. The van der Waals surface area contributed by atoms with E-state index in [1.54, 1.807) is 43.3 Å². The van der Waals surface area contributed by atoms with Gasteiger partial charge in [-0.15, -0.1) is 0 Å². The van der Waals surface area contributed by atoms with Crippen molar-refractivity contribution in [3.8, 4) is 17.2 Å². The van der Waals surface area contributed by atoms with Gasteiger partial charge in [-0.3, -0.25) is 14.4 Å². The Morgan fingerprint density at radius 1 is 0.974 bits per heavy atom. The third-order valence-electron chi connectivity index (χ3n) is 4.75. The minimum atomic E-state index is -0.981. The van der Waals surface area contributed by atoms with E-state index >= 15 is 0 Å². The molecular formula is C26H24BrFN4O6. The van der Waals surface area contributed by atoms with Crippen LogP contribution in [-0.4, -0.2) is 44.3 Å². The highest BCUT2D eigenvalue weighted by atomic mass is 79.9. The van der Waals surface area contributed by atoms with Gasteiger partial charge in [0, 0.05) is 5.69 Å². The molecule has 0 aliphatic heterocycles. The Balaban J connectivity index is 1.58. The number of carbonyl (C=O) groups is 3. The molecule has 12 heteroatoms. The predicted octanol–water partition coefficient (Wildman–Crippen LogP) is 4.10. The monoisotopic (exact) mass is 586 g/mol. The van der Waals surface area contributed by atoms with E-state index in [0.29, 0.717) is 33.8 Å². The molecule has 0 bridgehead atoms. The van der Waals surface area contributed by atoms with Gasteiger partial charge in [-0.2, -0.15) is 5.10 Å². The van der Waals surface area contributed by atoms with Gasteiger partial charge in [0.25, 0.3) is 5.91 Å². The van der Waals surface area contributed by atoms with Gasteiger partial charge in [-0.05, 0) is 76.9 Å². The van der Waals surface area contributed by atoms with Crippen molar-refractivity contribution in [2.75, 3.05) is 31.0 Å².